The van der Waals surface area contributed by atoms with Gasteiger partial charge in [0, 0.05) is 17.1 Å². The standard InChI is InChI=1S/2C24H20N6O3.C24H20N6O2/c2*1-13-6-3-4-9-17(13)30-16(10-15-8-5-7-14(2)18(15)23(30)31)11-29-22-19(20(28-29)24(32)33)21(25)26-12-27-22;1-14-6-3-4-9-19(14)30-17(10-16-8-5-7-15(2)20(16)24(30)32)11-29-23-21(18(12-31)28-29)22(25)26-13-27-23/h2*3-10,12H,11H2,1-2H3,(H,32,33)(H2,25,26,27);3-10,12-13H,11H2,1-2H3,(H2,25,26,27). The summed E-state index contributed by atoms with van der Waals surface area (Å²) in [6.45, 7) is 12.0. The van der Waals surface area contributed by atoms with Crippen molar-refractivity contribution in [3.63, 3.8) is 0 Å². The van der Waals surface area contributed by atoms with Crippen LogP contribution in [0.4, 0.5) is 17.5 Å². The summed E-state index contributed by atoms with van der Waals surface area (Å²) in [5, 5.41) is 37.3. The molecular weight excluding hydrogens is 1240 g/mol. The van der Waals surface area contributed by atoms with Gasteiger partial charge in [-0.2, -0.15) is 15.3 Å². The zero-order chi connectivity index (χ0) is 69.0. The molecule has 98 heavy (non-hydrogen) atoms. The normalized spacial score (nSPS) is 11.3. The maximum Gasteiger partial charge on any atom is 0.357 e. The minimum Gasteiger partial charge on any atom is -0.476 e. The number of carboxylic acid groups (broad SMARTS) is 2. The van der Waals surface area contributed by atoms with Crippen molar-refractivity contribution in [2.24, 2.45) is 0 Å². The summed E-state index contributed by atoms with van der Waals surface area (Å²) in [5.41, 5.74) is 27.9. The number of carbonyl (C=O) groups is 3. The maximum atomic E-state index is 13.7. The molecule has 0 aliphatic rings. The molecule has 9 aromatic heterocycles. The number of carboxylic acids is 2. The Bertz CT molecular complexity index is 5760. The fraction of sp³-hybridized carbons (Fsp3) is 0.125. The summed E-state index contributed by atoms with van der Waals surface area (Å²) in [6.07, 6.45) is 4.50. The van der Waals surface area contributed by atoms with Gasteiger partial charge in [-0.3, -0.25) is 32.9 Å². The molecule has 0 saturated heterocycles. The number of para-hydroxylation sites is 3. The number of aromatic nitrogens is 15. The first-order valence-corrected chi connectivity index (χ1v) is 30.7. The zero-order valence-electron chi connectivity index (χ0n) is 53.6. The first kappa shape index (κ1) is 63.4. The van der Waals surface area contributed by atoms with E-state index in [1.807, 2.05) is 187 Å². The Morgan fingerprint density at radius 2 is 0.684 bits per heavy atom. The van der Waals surface area contributed by atoms with Crippen molar-refractivity contribution in [1.82, 2.24) is 72.9 Å². The van der Waals surface area contributed by atoms with E-state index < -0.39 is 11.9 Å². The number of pyridine rings is 3. The number of fused-ring (bicyclic) bond motifs is 6. The van der Waals surface area contributed by atoms with E-state index in [0.29, 0.717) is 50.6 Å². The molecule has 15 aromatic rings. The number of rotatable bonds is 12. The maximum absolute atomic E-state index is 13.7. The Morgan fingerprint density at radius 3 is 1.00 bits per heavy atom. The Kier molecular flexibility index (Phi) is 16.5. The van der Waals surface area contributed by atoms with Crippen molar-refractivity contribution in [3.8, 4) is 17.1 Å². The third-order valence-electron chi connectivity index (χ3n) is 17.2. The highest BCUT2D eigenvalue weighted by molar-refractivity contribution is 6.05. The Balaban J connectivity index is 0.000000132. The SMILES string of the molecule is Cc1ccccc1-n1c(Cn2nc(C(=O)O)c3c(N)ncnc32)cc2cccc(C)c2c1=O.Cc1ccccc1-n1c(Cn2nc(C(=O)O)c3c(N)ncnc32)cc2cccc(C)c2c1=O.Cc1ccccc1-n1c(Cn2nc(C=O)c3c(N)ncnc32)cc2cccc(C)c2c1=O. The van der Waals surface area contributed by atoms with E-state index in [0.717, 1.165) is 66.6 Å². The van der Waals surface area contributed by atoms with E-state index in [1.165, 1.54) is 28.3 Å². The summed E-state index contributed by atoms with van der Waals surface area (Å²) in [5.74, 6) is -2.20. The van der Waals surface area contributed by atoms with Gasteiger partial charge in [-0.1, -0.05) is 109 Å². The molecule has 0 atom stereocenters. The van der Waals surface area contributed by atoms with Crippen LogP contribution in [0.5, 0.6) is 0 Å². The average molecular weight is 1310 g/mol. The van der Waals surface area contributed by atoms with Crippen molar-refractivity contribution in [1.29, 1.82) is 0 Å². The third-order valence-corrected chi connectivity index (χ3v) is 17.2. The summed E-state index contributed by atoms with van der Waals surface area (Å²) in [7, 11) is 0. The molecule has 6 aromatic carbocycles. The molecule has 26 nitrogen and oxygen atoms in total. The Morgan fingerprint density at radius 1 is 0.388 bits per heavy atom. The number of anilines is 3. The van der Waals surface area contributed by atoms with E-state index >= 15 is 0 Å². The second kappa shape index (κ2) is 25.5. The van der Waals surface area contributed by atoms with Crippen LogP contribution in [0.2, 0.25) is 0 Å². The number of hydrogen-bond acceptors (Lipinski definition) is 18. The van der Waals surface area contributed by atoms with Crippen LogP contribution in [0.1, 0.15) is 81.9 Å². The van der Waals surface area contributed by atoms with Crippen molar-refractivity contribution < 1.29 is 24.6 Å². The summed E-state index contributed by atoms with van der Waals surface area (Å²) in [4.78, 5) is 101. The summed E-state index contributed by atoms with van der Waals surface area (Å²) >= 11 is 0. The van der Waals surface area contributed by atoms with Crippen LogP contribution in [0, 0.1) is 41.5 Å². The molecule has 0 amide bonds. The van der Waals surface area contributed by atoms with E-state index in [2.05, 4.69) is 45.2 Å². The van der Waals surface area contributed by atoms with Gasteiger partial charge < -0.3 is 27.4 Å². The Hall–Kier alpha value is -13.4. The first-order valence-electron chi connectivity index (χ1n) is 30.7. The van der Waals surface area contributed by atoms with Crippen LogP contribution in [0.3, 0.4) is 0 Å². The fourth-order valence-corrected chi connectivity index (χ4v) is 12.6. The van der Waals surface area contributed by atoms with Gasteiger partial charge in [0.1, 0.15) is 42.1 Å². The molecule has 9 heterocycles. The van der Waals surface area contributed by atoms with Crippen LogP contribution < -0.4 is 33.9 Å². The summed E-state index contributed by atoms with van der Waals surface area (Å²) < 4.78 is 9.50. The highest BCUT2D eigenvalue weighted by atomic mass is 16.4. The van der Waals surface area contributed by atoms with Gasteiger partial charge in [-0.15, -0.1) is 0 Å². The second-order valence-corrected chi connectivity index (χ2v) is 23.5. The lowest BCUT2D eigenvalue weighted by Crippen LogP contribution is -2.25. The van der Waals surface area contributed by atoms with Crippen molar-refractivity contribution >= 4 is 101 Å². The minimum atomic E-state index is -1.23. The molecule has 0 saturated carbocycles. The summed E-state index contributed by atoms with van der Waals surface area (Å²) in [6, 6.07) is 46.0. The molecule has 0 radical (unpaired) electrons. The predicted molar refractivity (Wildman–Crippen MR) is 373 cm³/mol. The molecule has 0 fully saturated rings. The van der Waals surface area contributed by atoms with Gasteiger partial charge >= 0.3 is 11.9 Å². The van der Waals surface area contributed by atoms with E-state index in [9.17, 15) is 39.0 Å². The fourth-order valence-electron chi connectivity index (χ4n) is 12.6. The van der Waals surface area contributed by atoms with Crippen LogP contribution in [0.25, 0.3) is 82.5 Å². The lowest BCUT2D eigenvalue weighted by Gasteiger charge is -2.17. The van der Waals surface area contributed by atoms with Crippen LogP contribution in [0.15, 0.2) is 179 Å². The first-order chi connectivity index (χ1) is 47.2. The number of nitrogen functional groups attached to an aromatic ring is 3. The van der Waals surface area contributed by atoms with Gasteiger partial charge in [-0.05, 0) is 127 Å². The zero-order valence-corrected chi connectivity index (χ0v) is 53.6. The predicted octanol–water partition coefficient (Wildman–Crippen LogP) is 9.34. The molecule has 26 heteroatoms. The van der Waals surface area contributed by atoms with E-state index in [-0.39, 0.29) is 92.9 Å². The van der Waals surface area contributed by atoms with Crippen LogP contribution in [-0.2, 0) is 19.6 Å². The molecule has 15 rings (SSSR count). The topological polar surface area (TPSA) is 367 Å². The molecular formula is C72H60N18O8. The number of benzene rings is 6. The molecule has 8 N–H and O–H groups in total. The molecule has 0 spiro atoms. The van der Waals surface area contributed by atoms with Crippen molar-refractivity contribution in [2.75, 3.05) is 17.2 Å². The molecule has 0 unspecified atom stereocenters. The monoisotopic (exact) mass is 1300 g/mol. The van der Waals surface area contributed by atoms with Crippen LogP contribution in [-0.4, -0.2) is 101 Å². The molecule has 0 bridgehead atoms. The second-order valence-electron chi connectivity index (χ2n) is 23.5. The van der Waals surface area contributed by atoms with E-state index in [4.69, 9.17) is 17.2 Å². The lowest BCUT2D eigenvalue weighted by atomic mass is 10.1. The van der Waals surface area contributed by atoms with Crippen molar-refractivity contribution in [2.45, 2.75) is 61.2 Å². The Labute approximate surface area is 554 Å². The van der Waals surface area contributed by atoms with Gasteiger partial charge in [0.05, 0.1) is 69.0 Å². The number of nitrogens with two attached hydrogens (primary N) is 3. The molecule has 0 aliphatic heterocycles. The molecule has 486 valence electrons. The number of hydrogen-bond donors (Lipinski definition) is 5. The number of nitrogens with zero attached hydrogens (tertiary/aromatic N) is 15. The highest BCUT2D eigenvalue weighted by Gasteiger charge is 2.26. The largest absolute Gasteiger partial charge is 0.476 e. The van der Waals surface area contributed by atoms with Crippen molar-refractivity contribution in [3.05, 3.63) is 263 Å². The molecule has 0 aliphatic carbocycles. The van der Waals surface area contributed by atoms with Gasteiger partial charge in [0.15, 0.2) is 34.6 Å². The van der Waals surface area contributed by atoms with Gasteiger partial charge in [0.25, 0.3) is 16.7 Å². The van der Waals surface area contributed by atoms with Gasteiger partial charge in [0.2, 0.25) is 0 Å². The number of aldehydes is 1. The third kappa shape index (κ3) is 11.2. The lowest BCUT2D eigenvalue weighted by molar-refractivity contribution is 0.0681. The number of aromatic carboxylic acids is 2. The smallest absolute Gasteiger partial charge is 0.357 e. The minimum absolute atomic E-state index is 0.0362. The van der Waals surface area contributed by atoms with E-state index in [1.54, 1.807) is 18.4 Å². The number of aryl methyl sites for hydroxylation is 6. The van der Waals surface area contributed by atoms with Gasteiger partial charge in [-0.25, -0.2) is 53.5 Å². The number of carbonyl (C=O) groups excluding carboxylic acids is 1. The quantitative estimate of drug-likeness (QED) is 0.0711. The highest BCUT2D eigenvalue weighted by Crippen LogP contribution is 2.30. The average Bonchev–Trinajstić information content (AvgIpc) is 1.33. The van der Waals surface area contributed by atoms with Crippen LogP contribution >= 0.6 is 0 Å².